The zero-order chi connectivity index (χ0) is 22.1. The summed E-state index contributed by atoms with van der Waals surface area (Å²) in [7, 11) is 0. The summed E-state index contributed by atoms with van der Waals surface area (Å²) in [6, 6.07) is 1.94. The average molecular weight is 431 g/mol. The molecule has 1 N–H and O–H groups in total. The quantitative estimate of drug-likeness (QED) is 0.796. The molecule has 0 atom stereocenters. The molecule has 32 heavy (non-hydrogen) atoms. The Balaban J connectivity index is 1.40. The van der Waals surface area contributed by atoms with Crippen LogP contribution in [0.5, 0.6) is 0 Å². The maximum absolute atomic E-state index is 13.2. The van der Waals surface area contributed by atoms with Crippen LogP contribution in [0.1, 0.15) is 11.4 Å². The topological polar surface area (TPSA) is 77.2 Å². The summed E-state index contributed by atoms with van der Waals surface area (Å²) < 4.78 is 1.79. The highest BCUT2D eigenvalue weighted by Gasteiger charge is 2.23. The Kier molecular flexibility index (Phi) is 5.46. The Morgan fingerprint density at radius 2 is 1.91 bits per heavy atom. The molecule has 5 heterocycles. The first-order chi connectivity index (χ1) is 15.6. The molecule has 0 bridgehead atoms. The van der Waals surface area contributed by atoms with Gasteiger partial charge in [-0.25, -0.2) is 4.52 Å². The van der Waals surface area contributed by atoms with E-state index < -0.39 is 0 Å². The first kappa shape index (κ1) is 20.4. The van der Waals surface area contributed by atoms with Crippen molar-refractivity contribution in [1.29, 1.82) is 0 Å². The molecular weight excluding hydrogens is 404 g/mol. The highest BCUT2D eigenvalue weighted by atomic mass is 16.3. The fourth-order valence-electron chi connectivity index (χ4n) is 4.17. The van der Waals surface area contributed by atoms with Gasteiger partial charge in [-0.05, 0) is 31.2 Å². The van der Waals surface area contributed by atoms with E-state index in [1.54, 1.807) is 21.7 Å². The van der Waals surface area contributed by atoms with Crippen molar-refractivity contribution in [2.24, 2.45) is 0 Å². The molecule has 5 rings (SSSR count). The maximum Gasteiger partial charge on any atom is 0.255 e. The van der Waals surface area contributed by atoms with Crippen LogP contribution < -0.4 is 0 Å². The van der Waals surface area contributed by atoms with Crippen LogP contribution in [0.4, 0.5) is 0 Å². The number of piperazine rings is 1. The number of aliphatic hydroxyl groups excluding tert-OH is 1. The molecule has 0 aromatic carbocycles. The molecule has 0 spiro atoms. The molecule has 1 saturated heterocycles. The number of hydrogen-bond acceptors (Lipinski definition) is 6. The lowest BCUT2D eigenvalue weighted by molar-refractivity contribution is -0.122. The molecule has 1 fully saturated rings. The lowest BCUT2D eigenvalue weighted by Crippen LogP contribution is -2.47. The third kappa shape index (κ3) is 4.02. The number of fused-ring (bicyclic) bond motifs is 2. The van der Waals surface area contributed by atoms with Crippen LogP contribution in [0.15, 0.2) is 72.5 Å². The second-order valence-corrected chi connectivity index (χ2v) is 8.13. The van der Waals surface area contributed by atoms with E-state index in [1.807, 2.05) is 49.7 Å². The highest BCUT2D eigenvalue weighted by molar-refractivity contribution is 5.99. The Morgan fingerprint density at radius 3 is 2.72 bits per heavy atom. The van der Waals surface area contributed by atoms with Gasteiger partial charge in [0.25, 0.3) is 5.91 Å². The van der Waals surface area contributed by atoms with Crippen LogP contribution in [0.2, 0.25) is 0 Å². The van der Waals surface area contributed by atoms with E-state index in [9.17, 15) is 4.79 Å². The van der Waals surface area contributed by atoms with Crippen molar-refractivity contribution in [2.45, 2.75) is 6.92 Å². The van der Waals surface area contributed by atoms with E-state index in [0.29, 0.717) is 6.54 Å². The molecule has 2 aromatic heterocycles. The Labute approximate surface area is 186 Å². The van der Waals surface area contributed by atoms with Gasteiger partial charge in [0.2, 0.25) is 0 Å². The van der Waals surface area contributed by atoms with Crippen LogP contribution >= 0.6 is 0 Å². The summed E-state index contributed by atoms with van der Waals surface area (Å²) in [5, 5.41) is 13.8. The van der Waals surface area contributed by atoms with Gasteiger partial charge in [0.1, 0.15) is 0 Å². The number of hydrogen-bond donors (Lipinski definition) is 1. The van der Waals surface area contributed by atoms with Crippen molar-refractivity contribution in [3.63, 3.8) is 0 Å². The molecule has 8 heteroatoms. The normalized spacial score (nSPS) is 21.1. The minimum Gasteiger partial charge on any atom is -0.395 e. The number of aryl methyl sites for hydroxylation is 1. The summed E-state index contributed by atoms with van der Waals surface area (Å²) in [6.45, 7) is 6.35. The zero-order valence-corrected chi connectivity index (χ0v) is 18.1. The summed E-state index contributed by atoms with van der Waals surface area (Å²) in [4.78, 5) is 23.8. The van der Waals surface area contributed by atoms with Crippen LogP contribution in [0.25, 0.3) is 11.1 Å². The molecule has 0 unspecified atom stereocenters. The first-order valence-corrected chi connectivity index (χ1v) is 10.8. The number of carbonyl (C=O) groups excluding carboxylic acids is 1. The average Bonchev–Trinajstić information content (AvgIpc) is 3.21. The smallest absolute Gasteiger partial charge is 0.255 e. The summed E-state index contributed by atoms with van der Waals surface area (Å²) in [5.74, 6) is -0.109. The standard InChI is InChI=1S/C24H26N6O2/c1-18-16-30-22(15-25-18)14-23(26-30)19-3-2-4-20-5-6-21(17-29(20)24(32)13-19)28-9-7-27(8-10-28)11-12-31/h2-6,13-17,31H,7-12H2,1H3/b3-2?,19-13?,20-4+. The second kappa shape index (κ2) is 8.57. The fraction of sp³-hybridized carbons (Fsp3) is 0.292. The number of rotatable bonds is 4. The van der Waals surface area contributed by atoms with Crippen LogP contribution in [-0.4, -0.2) is 79.6 Å². The third-order valence-corrected chi connectivity index (χ3v) is 5.95. The van der Waals surface area contributed by atoms with Gasteiger partial charge < -0.3 is 10.0 Å². The van der Waals surface area contributed by atoms with Crippen molar-refractivity contribution in [3.8, 4) is 0 Å². The summed E-state index contributed by atoms with van der Waals surface area (Å²) in [5.41, 5.74) is 5.11. The van der Waals surface area contributed by atoms with Crippen molar-refractivity contribution < 1.29 is 9.90 Å². The largest absolute Gasteiger partial charge is 0.395 e. The molecule has 8 nitrogen and oxygen atoms in total. The summed E-state index contributed by atoms with van der Waals surface area (Å²) in [6.07, 6.45) is 17.1. The lowest BCUT2D eigenvalue weighted by atomic mass is 10.1. The van der Waals surface area contributed by atoms with E-state index in [4.69, 9.17) is 5.11 Å². The molecule has 1 amide bonds. The number of carbonyl (C=O) groups is 1. The molecular formula is C24H26N6O2. The van der Waals surface area contributed by atoms with Crippen LogP contribution in [0.3, 0.4) is 0 Å². The first-order valence-electron chi connectivity index (χ1n) is 10.8. The molecule has 0 saturated carbocycles. The Morgan fingerprint density at radius 1 is 1.09 bits per heavy atom. The number of aliphatic hydroxyl groups is 1. The van der Waals surface area contributed by atoms with Gasteiger partial charge in [-0.1, -0.05) is 12.2 Å². The number of nitrogens with zero attached hydrogens (tertiary/aromatic N) is 6. The van der Waals surface area contributed by atoms with E-state index in [0.717, 1.165) is 60.1 Å². The second-order valence-electron chi connectivity index (χ2n) is 8.13. The number of amides is 1. The van der Waals surface area contributed by atoms with Gasteiger partial charge in [-0.15, -0.1) is 0 Å². The van der Waals surface area contributed by atoms with Gasteiger partial charge in [0.15, 0.2) is 0 Å². The number of β-amino-alcohol motifs (C(OH)–C–C–N with tert-alkyl or cyclic N) is 1. The van der Waals surface area contributed by atoms with Gasteiger partial charge >= 0.3 is 0 Å². The zero-order valence-electron chi connectivity index (χ0n) is 18.1. The number of aromatic nitrogens is 3. The monoisotopic (exact) mass is 430 g/mol. The third-order valence-electron chi connectivity index (χ3n) is 5.95. The van der Waals surface area contributed by atoms with E-state index in [1.165, 1.54) is 0 Å². The summed E-state index contributed by atoms with van der Waals surface area (Å²) >= 11 is 0. The fourth-order valence-corrected chi connectivity index (χ4v) is 4.17. The predicted molar refractivity (Wildman–Crippen MR) is 122 cm³/mol. The Bertz CT molecular complexity index is 1190. The SMILES string of the molecule is Cc1cn2nc(C3=CC(=O)N4C=C(N5CCN(CCO)CC5)C=C/C4=C\C=C3)cc2cn1. The lowest BCUT2D eigenvalue weighted by Gasteiger charge is -2.38. The molecule has 164 valence electrons. The molecule has 3 aliphatic rings. The van der Waals surface area contributed by atoms with Crippen molar-refractivity contribution in [1.82, 2.24) is 29.3 Å². The minimum absolute atomic E-state index is 0.109. The van der Waals surface area contributed by atoms with Gasteiger partial charge in [-0.2, -0.15) is 5.10 Å². The van der Waals surface area contributed by atoms with Crippen molar-refractivity contribution in [2.75, 3.05) is 39.3 Å². The maximum atomic E-state index is 13.2. The van der Waals surface area contributed by atoms with E-state index in [2.05, 4.69) is 26.0 Å². The minimum atomic E-state index is -0.109. The van der Waals surface area contributed by atoms with E-state index in [-0.39, 0.29) is 12.5 Å². The molecule has 0 aliphatic carbocycles. The van der Waals surface area contributed by atoms with Crippen LogP contribution in [-0.2, 0) is 4.79 Å². The molecule has 2 aromatic rings. The molecule has 3 aliphatic heterocycles. The predicted octanol–water partition coefficient (Wildman–Crippen LogP) is 1.72. The highest BCUT2D eigenvalue weighted by Crippen LogP contribution is 2.25. The van der Waals surface area contributed by atoms with Gasteiger partial charge in [-0.3, -0.25) is 19.6 Å². The van der Waals surface area contributed by atoms with Crippen molar-refractivity contribution >= 4 is 17.0 Å². The van der Waals surface area contributed by atoms with Gasteiger partial charge in [0.05, 0.1) is 41.6 Å². The molecule has 0 radical (unpaired) electrons. The van der Waals surface area contributed by atoms with Gasteiger partial charge in [0, 0.05) is 56.3 Å². The number of allylic oxidation sites excluding steroid dienone is 6. The Hall–Kier alpha value is -3.49. The van der Waals surface area contributed by atoms with Crippen LogP contribution in [0, 0.1) is 6.92 Å². The van der Waals surface area contributed by atoms with Crippen molar-refractivity contribution in [3.05, 3.63) is 83.9 Å². The van der Waals surface area contributed by atoms with E-state index >= 15 is 0 Å².